The Morgan fingerprint density at radius 3 is 2.31 bits per heavy atom. The first-order valence-electron chi connectivity index (χ1n) is 8.51. The van der Waals surface area contributed by atoms with E-state index in [0.717, 1.165) is 0 Å². The molecular weight excluding hydrogens is 374 g/mol. The monoisotopic (exact) mass is 393 g/mol. The summed E-state index contributed by atoms with van der Waals surface area (Å²) in [5, 5.41) is 14.3. The van der Waals surface area contributed by atoms with Crippen molar-refractivity contribution < 1.29 is 23.9 Å². The summed E-state index contributed by atoms with van der Waals surface area (Å²) in [6.45, 7) is 0.807. The van der Waals surface area contributed by atoms with Crippen molar-refractivity contribution >= 4 is 35.2 Å². The van der Waals surface area contributed by atoms with Crippen LogP contribution in [0.5, 0.6) is 5.75 Å². The molecule has 2 aromatic carbocycles. The van der Waals surface area contributed by atoms with Crippen molar-refractivity contribution in [2.24, 2.45) is 0 Å². The van der Waals surface area contributed by atoms with Crippen molar-refractivity contribution in [1.82, 2.24) is 0 Å². The lowest BCUT2D eigenvalue weighted by molar-refractivity contribution is -0.142. The number of hydrogen-bond donors (Lipinski definition) is 2. The van der Waals surface area contributed by atoms with E-state index in [-0.39, 0.29) is 11.5 Å². The van der Waals surface area contributed by atoms with Crippen LogP contribution in [0.15, 0.2) is 54.1 Å². The van der Waals surface area contributed by atoms with Crippen LogP contribution in [0.25, 0.3) is 6.08 Å². The number of rotatable bonds is 7. The smallest absolute Gasteiger partial charge is 0.349 e. The maximum Gasteiger partial charge on any atom is 0.349 e. The van der Waals surface area contributed by atoms with E-state index in [2.05, 4.69) is 10.6 Å². The van der Waals surface area contributed by atoms with Crippen LogP contribution in [0, 0.1) is 11.3 Å². The zero-order chi connectivity index (χ0) is 21.2. The normalized spacial score (nSPS) is 10.4. The summed E-state index contributed by atoms with van der Waals surface area (Å²) in [5.74, 6) is -1.09. The SMILES string of the molecule is COc1ccc(/C=C(\C#N)C(=O)OCC(=O)Nc2cccc(NC(C)=O)c2)cc1. The fraction of sp³-hybridized carbons (Fsp3) is 0.143. The van der Waals surface area contributed by atoms with Crippen LogP contribution in [0.1, 0.15) is 12.5 Å². The van der Waals surface area contributed by atoms with Crippen molar-refractivity contribution in [2.45, 2.75) is 6.92 Å². The van der Waals surface area contributed by atoms with E-state index >= 15 is 0 Å². The van der Waals surface area contributed by atoms with E-state index in [4.69, 9.17) is 9.47 Å². The number of nitriles is 1. The number of benzene rings is 2. The van der Waals surface area contributed by atoms with Gasteiger partial charge in [-0.15, -0.1) is 0 Å². The van der Waals surface area contributed by atoms with Gasteiger partial charge in [-0.3, -0.25) is 9.59 Å². The highest BCUT2D eigenvalue weighted by molar-refractivity contribution is 6.00. The van der Waals surface area contributed by atoms with Gasteiger partial charge in [0.25, 0.3) is 5.91 Å². The Bertz CT molecular complexity index is 975. The number of esters is 1. The van der Waals surface area contributed by atoms with Crippen molar-refractivity contribution in [1.29, 1.82) is 5.26 Å². The van der Waals surface area contributed by atoms with Gasteiger partial charge < -0.3 is 20.1 Å². The molecule has 148 valence electrons. The van der Waals surface area contributed by atoms with Gasteiger partial charge in [0.15, 0.2) is 6.61 Å². The molecule has 0 fully saturated rings. The molecule has 0 bridgehead atoms. The van der Waals surface area contributed by atoms with Gasteiger partial charge >= 0.3 is 5.97 Å². The summed E-state index contributed by atoms with van der Waals surface area (Å²) in [7, 11) is 1.53. The highest BCUT2D eigenvalue weighted by atomic mass is 16.5. The average Bonchev–Trinajstić information content (AvgIpc) is 2.70. The van der Waals surface area contributed by atoms with E-state index in [9.17, 15) is 19.6 Å². The second kappa shape index (κ2) is 10.3. The lowest BCUT2D eigenvalue weighted by Crippen LogP contribution is -2.21. The standard InChI is InChI=1S/C21H19N3O5/c1-14(25)23-17-4-3-5-18(11-17)24-20(26)13-29-21(27)16(12-22)10-15-6-8-19(28-2)9-7-15/h3-11H,13H2,1-2H3,(H,23,25)(H,24,26)/b16-10+. The third-order valence-corrected chi connectivity index (χ3v) is 3.57. The van der Waals surface area contributed by atoms with Gasteiger partial charge in [-0.05, 0) is 42.0 Å². The van der Waals surface area contributed by atoms with Crippen molar-refractivity contribution in [2.75, 3.05) is 24.4 Å². The Kier molecular flexibility index (Phi) is 7.51. The Hall–Kier alpha value is -4.12. The van der Waals surface area contributed by atoms with Crippen LogP contribution >= 0.6 is 0 Å². The molecule has 0 aliphatic heterocycles. The molecule has 0 saturated heterocycles. The third-order valence-electron chi connectivity index (χ3n) is 3.57. The molecule has 8 nitrogen and oxygen atoms in total. The van der Waals surface area contributed by atoms with E-state index in [1.807, 2.05) is 0 Å². The summed E-state index contributed by atoms with van der Waals surface area (Å²) in [6, 6.07) is 15.0. The topological polar surface area (TPSA) is 118 Å². The largest absolute Gasteiger partial charge is 0.497 e. The Morgan fingerprint density at radius 2 is 1.72 bits per heavy atom. The number of amides is 2. The molecule has 0 unspecified atom stereocenters. The van der Waals surface area contributed by atoms with Crippen molar-refractivity contribution in [3.8, 4) is 11.8 Å². The number of ether oxygens (including phenoxy) is 2. The minimum atomic E-state index is -0.912. The molecule has 0 radical (unpaired) electrons. The Labute approximate surface area is 167 Å². The molecule has 0 heterocycles. The van der Waals surface area contributed by atoms with Crippen LogP contribution < -0.4 is 15.4 Å². The summed E-state index contributed by atoms with van der Waals surface area (Å²) >= 11 is 0. The van der Waals surface area contributed by atoms with Gasteiger partial charge in [0, 0.05) is 18.3 Å². The van der Waals surface area contributed by atoms with E-state index < -0.39 is 18.5 Å². The molecule has 2 N–H and O–H groups in total. The van der Waals surface area contributed by atoms with Gasteiger partial charge in [-0.1, -0.05) is 18.2 Å². The zero-order valence-electron chi connectivity index (χ0n) is 15.9. The number of nitrogens with zero attached hydrogens (tertiary/aromatic N) is 1. The number of carbonyl (C=O) groups is 3. The molecule has 0 aliphatic carbocycles. The van der Waals surface area contributed by atoms with Gasteiger partial charge in [-0.25, -0.2) is 4.79 Å². The maximum absolute atomic E-state index is 12.1. The molecule has 8 heteroatoms. The van der Waals surface area contributed by atoms with E-state index in [0.29, 0.717) is 22.7 Å². The van der Waals surface area contributed by atoms with Gasteiger partial charge in [0.2, 0.25) is 5.91 Å². The zero-order valence-corrected chi connectivity index (χ0v) is 15.9. The molecule has 0 spiro atoms. The lowest BCUT2D eigenvalue weighted by Gasteiger charge is -2.08. The van der Waals surface area contributed by atoms with Gasteiger partial charge in [-0.2, -0.15) is 5.26 Å². The van der Waals surface area contributed by atoms with Gasteiger partial charge in [0.05, 0.1) is 7.11 Å². The molecule has 0 atom stereocenters. The van der Waals surface area contributed by atoms with Crippen LogP contribution in [0.3, 0.4) is 0 Å². The van der Waals surface area contributed by atoms with Crippen LogP contribution in [-0.4, -0.2) is 31.5 Å². The molecule has 0 aromatic heterocycles. The molecule has 2 aromatic rings. The molecule has 2 amide bonds. The second-order valence-electron chi connectivity index (χ2n) is 5.83. The first-order chi connectivity index (χ1) is 13.9. The second-order valence-corrected chi connectivity index (χ2v) is 5.83. The third kappa shape index (κ3) is 6.84. The molecule has 0 saturated carbocycles. The van der Waals surface area contributed by atoms with Crippen LogP contribution in [0.4, 0.5) is 11.4 Å². The molecule has 0 aliphatic rings. The van der Waals surface area contributed by atoms with E-state index in [1.54, 1.807) is 54.6 Å². The van der Waals surface area contributed by atoms with Gasteiger partial charge in [0.1, 0.15) is 17.4 Å². The van der Waals surface area contributed by atoms with Crippen molar-refractivity contribution in [3.05, 3.63) is 59.7 Å². The number of carbonyl (C=O) groups excluding carboxylic acids is 3. The van der Waals surface area contributed by atoms with E-state index in [1.165, 1.54) is 20.1 Å². The fourth-order valence-corrected chi connectivity index (χ4v) is 2.29. The first kappa shape index (κ1) is 21.2. The Balaban J connectivity index is 1.94. The number of anilines is 2. The number of nitrogens with one attached hydrogen (secondary N) is 2. The fourth-order valence-electron chi connectivity index (χ4n) is 2.29. The predicted octanol–water partition coefficient (Wildman–Crippen LogP) is 2.74. The molecule has 2 rings (SSSR count). The highest BCUT2D eigenvalue weighted by Crippen LogP contribution is 2.16. The van der Waals surface area contributed by atoms with Crippen LogP contribution in [0.2, 0.25) is 0 Å². The summed E-state index contributed by atoms with van der Waals surface area (Å²) < 4.78 is 9.95. The molecular formula is C21H19N3O5. The summed E-state index contributed by atoms with van der Waals surface area (Å²) in [5.41, 5.74) is 1.31. The Morgan fingerprint density at radius 1 is 1.07 bits per heavy atom. The number of methoxy groups -OCH3 is 1. The average molecular weight is 393 g/mol. The minimum Gasteiger partial charge on any atom is -0.497 e. The number of hydrogen-bond acceptors (Lipinski definition) is 6. The highest BCUT2D eigenvalue weighted by Gasteiger charge is 2.13. The first-order valence-corrected chi connectivity index (χ1v) is 8.51. The minimum absolute atomic E-state index is 0.240. The predicted molar refractivity (Wildman–Crippen MR) is 107 cm³/mol. The quantitative estimate of drug-likeness (QED) is 0.424. The van der Waals surface area contributed by atoms with Crippen LogP contribution in [-0.2, 0) is 19.1 Å². The lowest BCUT2D eigenvalue weighted by atomic mass is 10.1. The molecule has 29 heavy (non-hydrogen) atoms. The summed E-state index contributed by atoms with van der Waals surface area (Å²) in [6.07, 6.45) is 1.36. The maximum atomic E-state index is 12.1. The van der Waals surface area contributed by atoms with Crippen molar-refractivity contribution in [3.63, 3.8) is 0 Å². The summed E-state index contributed by atoms with van der Waals surface area (Å²) in [4.78, 5) is 35.2.